The van der Waals surface area contributed by atoms with Gasteiger partial charge in [0.15, 0.2) is 0 Å². The van der Waals surface area contributed by atoms with Crippen LogP contribution < -0.4 is 48.7 Å². The van der Waals surface area contributed by atoms with Crippen LogP contribution in [0.3, 0.4) is 0 Å². The van der Waals surface area contributed by atoms with E-state index in [1.165, 1.54) is 36.0 Å². The summed E-state index contributed by atoms with van der Waals surface area (Å²) >= 11 is 1.32. The van der Waals surface area contributed by atoms with E-state index in [1.54, 1.807) is 80.9 Å². The zero-order chi connectivity index (χ0) is 53.8. The Morgan fingerprint density at radius 3 is 1.77 bits per heavy atom. The van der Waals surface area contributed by atoms with Crippen molar-refractivity contribution in [2.24, 2.45) is 17.4 Å². The third-order valence-electron chi connectivity index (χ3n) is 11.4. The maximum atomic E-state index is 14.3. The number of phenols is 1. The van der Waals surface area contributed by atoms with Gasteiger partial charge in [0.05, 0.1) is 25.4 Å². The summed E-state index contributed by atoms with van der Waals surface area (Å²) in [6, 6.07) is 11.4. The Morgan fingerprint density at radius 1 is 0.603 bits per heavy atom. The molecule has 0 aliphatic heterocycles. The van der Waals surface area contributed by atoms with E-state index in [0.29, 0.717) is 33.3 Å². The Labute approximate surface area is 424 Å². The maximum Gasteiger partial charge on any atom is 0.305 e. The number of carbonyl (C=O) groups is 10. The van der Waals surface area contributed by atoms with Crippen LogP contribution in [0.15, 0.2) is 85.1 Å². The first-order valence-electron chi connectivity index (χ1n) is 23.1. The zero-order valence-corrected chi connectivity index (χ0v) is 41.2. The summed E-state index contributed by atoms with van der Waals surface area (Å²) in [6.45, 7) is 2.49. The molecule has 0 aliphatic rings. The third kappa shape index (κ3) is 18.6. The predicted octanol–water partition coefficient (Wildman–Crippen LogP) is -0.903. The minimum absolute atomic E-state index is 0.0151. The molecular formula is C49H62N10O13S. The van der Waals surface area contributed by atoms with Gasteiger partial charge in [0, 0.05) is 36.4 Å². The highest BCUT2D eigenvalue weighted by molar-refractivity contribution is 7.98. The van der Waals surface area contributed by atoms with E-state index in [4.69, 9.17) is 16.6 Å². The van der Waals surface area contributed by atoms with E-state index in [0.717, 1.165) is 0 Å². The molecule has 392 valence electrons. The number of thioether (sulfide) groups is 1. The van der Waals surface area contributed by atoms with E-state index in [1.807, 2.05) is 0 Å². The molecule has 4 aromatic rings. The largest absolute Gasteiger partial charge is 0.508 e. The molecule has 0 bridgehead atoms. The molecule has 8 amide bonds. The molecule has 4 rings (SSSR count). The Balaban J connectivity index is 1.52. The number of fused-ring (bicyclic) bond motifs is 1. The quantitative estimate of drug-likeness (QED) is 0.0313. The van der Waals surface area contributed by atoms with Gasteiger partial charge in [0.2, 0.25) is 47.3 Å². The van der Waals surface area contributed by atoms with Crippen molar-refractivity contribution in [2.45, 2.75) is 94.7 Å². The van der Waals surface area contributed by atoms with Crippen molar-refractivity contribution in [3.05, 3.63) is 102 Å². The summed E-state index contributed by atoms with van der Waals surface area (Å²) < 4.78 is 0. The van der Waals surface area contributed by atoms with Gasteiger partial charge in [-0.2, -0.15) is 11.8 Å². The SMILES string of the molecule is CSCC[C@H](NC(=O)[C@H](Cc1c[nH]c2ccccc12)NC(=O)CNC(=O)[C@@H](NC(=O)[C@H](Cc1ccc(O)cc1)NC(=O)[C@@H](N)CC(=O)O)C(C)C)C(=O)N[C@@H](CC(=O)O)C(=O)N[C@@H](Cc1ccccc1)C(N)=O. The Morgan fingerprint density at radius 2 is 1.14 bits per heavy atom. The average Bonchev–Trinajstić information content (AvgIpc) is 3.75. The Kier molecular flexibility index (Phi) is 22.2. The van der Waals surface area contributed by atoms with E-state index < -0.39 is 127 Å². The molecule has 1 aromatic heterocycles. The van der Waals surface area contributed by atoms with Gasteiger partial charge in [-0.3, -0.25) is 47.9 Å². The van der Waals surface area contributed by atoms with E-state index in [9.17, 15) is 58.2 Å². The van der Waals surface area contributed by atoms with Crippen LogP contribution in [0, 0.1) is 5.92 Å². The number of nitrogens with two attached hydrogens (primary N) is 2. The van der Waals surface area contributed by atoms with Crippen LogP contribution in [-0.4, -0.2) is 140 Å². The lowest BCUT2D eigenvalue weighted by Gasteiger charge is -2.26. The van der Waals surface area contributed by atoms with Crippen LogP contribution in [0.4, 0.5) is 0 Å². The van der Waals surface area contributed by atoms with Crippen molar-refractivity contribution < 1.29 is 63.3 Å². The van der Waals surface area contributed by atoms with Gasteiger partial charge < -0.3 is 69.0 Å². The molecule has 3 aromatic carbocycles. The van der Waals surface area contributed by atoms with Crippen LogP contribution in [0.25, 0.3) is 10.9 Å². The first-order valence-corrected chi connectivity index (χ1v) is 24.5. The molecule has 73 heavy (non-hydrogen) atoms. The van der Waals surface area contributed by atoms with Crippen molar-refractivity contribution in [1.82, 2.24) is 42.2 Å². The fourth-order valence-corrected chi connectivity index (χ4v) is 7.93. The molecule has 0 spiro atoms. The van der Waals surface area contributed by atoms with Crippen molar-refractivity contribution in [3.8, 4) is 5.75 Å². The number of carboxylic acids is 2. The number of aromatic nitrogens is 1. The lowest BCUT2D eigenvalue weighted by Crippen LogP contribution is -2.59. The summed E-state index contributed by atoms with van der Waals surface area (Å²) in [5.74, 6) is -10.4. The molecule has 0 unspecified atom stereocenters. The minimum Gasteiger partial charge on any atom is -0.508 e. The molecule has 0 radical (unpaired) electrons. The van der Waals surface area contributed by atoms with Crippen LogP contribution in [0.1, 0.15) is 49.8 Å². The molecule has 24 heteroatoms. The van der Waals surface area contributed by atoms with E-state index in [-0.39, 0.29) is 31.4 Å². The molecule has 23 nitrogen and oxygen atoms in total. The molecule has 7 atom stereocenters. The highest BCUT2D eigenvalue weighted by atomic mass is 32.2. The molecule has 1 heterocycles. The van der Waals surface area contributed by atoms with Crippen LogP contribution in [0.2, 0.25) is 0 Å². The number of carbonyl (C=O) groups excluding carboxylic acids is 8. The average molecular weight is 1030 g/mol. The van der Waals surface area contributed by atoms with Crippen LogP contribution in [0.5, 0.6) is 5.75 Å². The number of hydrogen-bond acceptors (Lipinski definition) is 13. The smallest absolute Gasteiger partial charge is 0.305 e. The van der Waals surface area contributed by atoms with Crippen molar-refractivity contribution in [3.63, 3.8) is 0 Å². The normalized spacial score (nSPS) is 13.9. The number of benzene rings is 3. The van der Waals surface area contributed by atoms with Crippen molar-refractivity contribution >= 4 is 81.9 Å². The number of aliphatic carboxylic acids is 2. The number of H-pyrrole nitrogens is 1. The van der Waals surface area contributed by atoms with Gasteiger partial charge in [-0.05, 0) is 59.2 Å². The summed E-state index contributed by atoms with van der Waals surface area (Å²) in [6.07, 6.45) is 1.41. The molecule has 0 fully saturated rings. The molecule has 0 aliphatic carbocycles. The topological polar surface area (TPSA) is 383 Å². The fraction of sp³-hybridized carbons (Fsp3) is 0.388. The van der Waals surface area contributed by atoms with Crippen molar-refractivity contribution in [1.29, 1.82) is 0 Å². The number of phenolic OH excluding ortho intramolecular Hbond substituents is 1. The fourth-order valence-electron chi connectivity index (χ4n) is 7.46. The third-order valence-corrected chi connectivity index (χ3v) is 12.0. The standard InChI is InChI=1S/C49H62N10O13S/c1-26(2)42(59-48(71)36(20-28-13-15-30(60)16-14-28)57-44(67)32(50)22-40(62)63)49(72)53-25-39(61)54-37(21-29-24-52-33-12-8-7-11-31(29)33)46(69)55-34(17-18-73-3)45(68)58-38(23-41(64)65)47(70)56-35(43(51)66)19-27-9-5-4-6-10-27/h4-16,24,26,32,34-38,42,52,60H,17-23,25,50H2,1-3H3,(H2,51,66)(H,53,72)(H,54,61)(H,55,69)(H,56,70)(H,57,67)(H,58,68)(H,59,71)(H,62,63)(H,64,65)/t32-,34-,35-,36-,37-,38-,42-/m0/s1. The zero-order valence-electron chi connectivity index (χ0n) is 40.3. The van der Waals surface area contributed by atoms with Crippen molar-refractivity contribution in [2.75, 3.05) is 18.6 Å². The predicted molar refractivity (Wildman–Crippen MR) is 268 cm³/mol. The number of primary amides is 1. The van der Waals surface area contributed by atoms with Gasteiger partial charge in [-0.1, -0.05) is 74.5 Å². The number of hydrogen-bond donors (Lipinski definition) is 13. The Hall–Kier alpha value is -7.99. The number of amides is 8. The minimum atomic E-state index is -1.72. The second-order valence-electron chi connectivity index (χ2n) is 17.4. The summed E-state index contributed by atoms with van der Waals surface area (Å²) in [5, 5.41) is 46.8. The maximum absolute atomic E-state index is 14.3. The van der Waals surface area contributed by atoms with E-state index in [2.05, 4.69) is 42.2 Å². The summed E-state index contributed by atoms with van der Waals surface area (Å²) in [4.78, 5) is 134. The number of carboxylic acid groups (broad SMARTS) is 2. The number of rotatable bonds is 29. The number of nitrogens with one attached hydrogen (secondary N) is 8. The molecule has 0 saturated heterocycles. The molecule has 0 saturated carbocycles. The first-order chi connectivity index (χ1) is 34.6. The Bertz CT molecular complexity index is 2600. The van der Waals surface area contributed by atoms with Gasteiger partial charge in [-0.15, -0.1) is 0 Å². The lowest BCUT2D eigenvalue weighted by atomic mass is 10.0. The summed E-state index contributed by atoms with van der Waals surface area (Å²) in [5.41, 5.74) is 13.7. The second kappa shape index (κ2) is 28.2. The van der Waals surface area contributed by atoms with Gasteiger partial charge in [-0.25, -0.2) is 0 Å². The lowest BCUT2D eigenvalue weighted by molar-refractivity contribution is -0.141. The number of aromatic amines is 1. The van der Waals surface area contributed by atoms with Gasteiger partial charge >= 0.3 is 11.9 Å². The van der Waals surface area contributed by atoms with Gasteiger partial charge in [0.25, 0.3) is 0 Å². The number of aromatic hydroxyl groups is 1. The highest BCUT2D eigenvalue weighted by Gasteiger charge is 2.34. The van der Waals surface area contributed by atoms with Gasteiger partial charge in [0.1, 0.15) is 42.0 Å². The number of para-hydroxylation sites is 1. The highest BCUT2D eigenvalue weighted by Crippen LogP contribution is 2.20. The first kappa shape index (κ1) is 57.6. The molecular weight excluding hydrogens is 969 g/mol. The molecule has 15 N–H and O–H groups in total. The second-order valence-corrected chi connectivity index (χ2v) is 18.4. The van der Waals surface area contributed by atoms with E-state index >= 15 is 0 Å². The van der Waals surface area contributed by atoms with Crippen LogP contribution >= 0.6 is 11.8 Å². The summed E-state index contributed by atoms with van der Waals surface area (Å²) in [7, 11) is 0. The van der Waals surface area contributed by atoms with Crippen LogP contribution in [-0.2, 0) is 67.2 Å². The monoisotopic (exact) mass is 1030 g/mol.